The fraction of sp³-hybridized carbons (Fsp3) is 0.500. The molecule has 2 atom stereocenters. The normalized spacial score (nSPS) is 30.6. The van der Waals surface area contributed by atoms with Crippen molar-refractivity contribution in [3.05, 3.63) is 28.7 Å². The Bertz CT molecular complexity index is 719. The van der Waals surface area contributed by atoms with Crippen molar-refractivity contribution in [3.8, 4) is 0 Å². The number of hydrogen-bond acceptors (Lipinski definition) is 4. The minimum absolute atomic E-state index is 0.141. The number of halogens is 1. The van der Waals surface area contributed by atoms with E-state index in [-0.39, 0.29) is 11.9 Å². The first kappa shape index (κ1) is 14.2. The minimum atomic E-state index is -0.141. The Morgan fingerprint density at radius 2 is 2.23 bits per heavy atom. The molecule has 0 aromatic carbocycles. The van der Waals surface area contributed by atoms with Crippen LogP contribution < -0.4 is 5.32 Å². The van der Waals surface area contributed by atoms with Crippen LogP contribution in [0.25, 0.3) is 11.0 Å². The second-order valence-corrected chi connectivity index (χ2v) is 7.09. The van der Waals surface area contributed by atoms with Crippen LogP contribution in [-0.4, -0.2) is 41.0 Å². The number of carbonyl (C=O) groups excluding carboxylic acids is 1. The molecule has 6 heteroatoms. The van der Waals surface area contributed by atoms with Crippen LogP contribution in [0.2, 0.25) is 0 Å². The lowest BCUT2D eigenvalue weighted by Gasteiger charge is -2.49. The number of rotatable bonds is 2. The van der Waals surface area contributed by atoms with Gasteiger partial charge in [-0.3, -0.25) is 9.69 Å². The lowest BCUT2D eigenvalue weighted by Crippen LogP contribution is -2.62. The number of hydrogen-bond donors (Lipinski definition) is 1. The summed E-state index contributed by atoms with van der Waals surface area (Å²) < 4.78 is 6.34. The van der Waals surface area contributed by atoms with E-state index in [2.05, 4.69) is 38.1 Å². The summed E-state index contributed by atoms with van der Waals surface area (Å²) >= 11 is 3.42. The number of carbonyl (C=O) groups is 1. The van der Waals surface area contributed by atoms with E-state index in [1.54, 1.807) is 12.5 Å². The van der Waals surface area contributed by atoms with Crippen molar-refractivity contribution in [2.45, 2.75) is 31.8 Å². The smallest absolute Gasteiger partial charge is 0.274 e. The highest BCUT2D eigenvalue weighted by atomic mass is 79.9. The molecule has 3 aliphatic heterocycles. The van der Waals surface area contributed by atoms with Gasteiger partial charge in [-0.05, 0) is 60.8 Å². The van der Waals surface area contributed by atoms with E-state index in [4.69, 9.17) is 4.42 Å². The highest BCUT2D eigenvalue weighted by Gasteiger charge is 2.40. The van der Waals surface area contributed by atoms with Crippen molar-refractivity contribution in [2.24, 2.45) is 5.92 Å². The number of nitrogens with zero attached hydrogens (tertiary/aromatic N) is 2. The van der Waals surface area contributed by atoms with E-state index < -0.39 is 0 Å². The summed E-state index contributed by atoms with van der Waals surface area (Å²) in [6.45, 7) is 4.50. The molecule has 2 bridgehead atoms. The number of nitrogens with one attached hydrogen (secondary N) is 1. The number of aromatic nitrogens is 1. The number of amides is 1. The molecule has 116 valence electrons. The van der Waals surface area contributed by atoms with E-state index in [1.165, 1.54) is 12.8 Å². The van der Waals surface area contributed by atoms with Crippen molar-refractivity contribution < 1.29 is 9.21 Å². The van der Waals surface area contributed by atoms with Crippen LogP contribution in [0, 0.1) is 5.92 Å². The Morgan fingerprint density at radius 3 is 2.95 bits per heavy atom. The van der Waals surface area contributed by atoms with Gasteiger partial charge in [0.05, 0.1) is 4.47 Å². The molecule has 0 spiro atoms. The molecule has 1 amide bonds. The predicted molar refractivity (Wildman–Crippen MR) is 86.7 cm³/mol. The number of fused-ring (bicyclic) bond motifs is 4. The van der Waals surface area contributed by atoms with E-state index in [9.17, 15) is 4.79 Å². The highest BCUT2D eigenvalue weighted by Crippen LogP contribution is 2.33. The standard InChI is InChI=1S/C16H18BrN3O2/c1-9-13(10-3-6-20(9)7-4-10)19-16(21)14-15-11(2-5-18-14)12(17)8-22-15/h2,5,8-10,13H,3-4,6-7H2,1H3,(H,19,21)/t9-,13-/m0/s1. The Hall–Kier alpha value is -1.40. The van der Waals surface area contributed by atoms with Crippen LogP contribution in [0.15, 0.2) is 27.4 Å². The average molecular weight is 364 g/mol. The second-order valence-electron chi connectivity index (χ2n) is 6.23. The van der Waals surface area contributed by atoms with Gasteiger partial charge in [-0.15, -0.1) is 0 Å². The molecule has 5 heterocycles. The predicted octanol–water partition coefficient (Wildman–Crippen LogP) is 2.80. The molecular weight excluding hydrogens is 346 g/mol. The SMILES string of the molecule is C[C@H]1[C@H](NC(=O)c2nccc3c(Br)coc23)C2CCN1CC2. The summed E-state index contributed by atoms with van der Waals surface area (Å²) in [5.74, 6) is 0.435. The molecule has 3 aliphatic rings. The van der Waals surface area contributed by atoms with Gasteiger partial charge in [-0.25, -0.2) is 4.98 Å². The molecule has 5 nitrogen and oxygen atoms in total. The number of furan rings is 1. The van der Waals surface area contributed by atoms with Gasteiger partial charge in [0.15, 0.2) is 11.3 Å². The Kier molecular flexibility index (Phi) is 3.46. The largest absolute Gasteiger partial charge is 0.461 e. The fourth-order valence-electron chi connectivity index (χ4n) is 3.86. The maximum atomic E-state index is 12.7. The van der Waals surface area contributed by atoms with Crippen LogP contribution in [0.1, 0.15) is 30.3 Å². The third kappa shape index (κ3) is 2.16. The zero-order valence-corrected chi connectivity index (χ0v) is 14.0. The van der Waals surface area contributed by atoms with Gasteiger partial charge in [0.1, 0.15) is 6.26 Å². The van der Waals surface area contributed by atoms with Crippen molar-refractivity contribution in [3.63, 3.8) is 0 Å². The van der Waals surface area contributed by atoms with Gasteiger partial charge in [-0.1, -0.05) is 0 Å². The molecule has 3 saturated heterocycles. The summed E-state index contributed by atoms with van der Waals surface area (Å²) in [7, 11) is 0. The third-order valence-corrected chi connectivity index (χ3v) is 5.75. The van der Waals surface area contributed by atoms with E-state index in [0.29, 0.717) is 23.2 Å². The van der Waals surface area contributed by atoms with E-state index >= 15 is 0 Å². The lowest BCUT2D eigenvalue weighted by molar-refractivity contribution is 0.0216. The van der Waals surface area contributed by atoms with Crippen LogP contribution in [0.3, 0.4) is 0 Å². The first-order valence-corrected chi connectivity index (χ1v) is 8.51. The zero-order chi connectivity index (χ0) is 15.3. The molecular formula is C16H18BrN3O2. The number of piperidine rings is 3. The Morgan fingerprint density at radius 1 is 1.45 bits per heavy atom. The average Bonchev–Trinajstić information content (AvgIpc) is 2.93. The molecule has 3 fully saturated rings. The first-order valence-electron chi connectivity index (χ1n) is 7.72. The van der Waals surface area contributed by atoms with Gasteiger partial charge in [0.2, 0.25) is 0 Å². The van der Waals surface area contributed by atoms with Crippen molar-refractivity contribution in [1.29, 1.82) is 0 Å². The summed E-state index contributed by atoms with van der Waals surface area (Å²) in [4.78, 5) is 19.4. The molecule has 22 heavy (non-hydrogen) atoms. The molecule has 0 radical (unpaired) electrons. The van der Waals surface area contributed by atoms with Crippen LogP contribution in [0.5, 0.6) is 0 Å². The summed E-state index contributed by atoms with van der Waals surface area (Å²) in [6, 6.07) is 2.43. The second kappa shape index (κ2) is 5.35. The zero-order valence-electron chi connectivity index (χ0n) is 12.4. The van der Waals surface area contributed by atoms with Gasteiger partial charge in [0, 0.05) is 23.7 Å². The topological polar surface area (TPSA) is 58.4 Å². The molecule has 5 rings (SSSR count). The molecule has 2 aromatic rings. The van der Waals surface area contributed by atoms with Crippen molar-refractivity contribution >= 4 is 32.8 Å². The van der Waals surface area contributed by atoms with Crippen LogP contribution >= 0.6 is 15.9 Å². The monoisotopic (exact) mass is 363 g/mol. The van der Waals surface area contributed by atoms with Gasteiger partial charge < -0.3 is 9.73 Å². The quantitative estimate of drug-likeness (QED) is 0.891. The fourth-order valence-corrected chi connectivity index (χ4v) is 4.26. The lowest BCUT2D eigenvalue weighted by atomic mass is 9.79. The van der Waals surface area contributed by atoms with Gasteiger partial charge in [-0.2, -0.15) is 0 Å². The van der Waals surface area contributed by atoms with Crippen LogP contribution in [-0.2, 0) is 0 Å². The Balaban J connectivity index is 1.61. The van der Waals surface area contributed by atoms with Crippen molar-refractivity contribution in [1.82, 2.24) is 15.2 Å². The maximum Gasteiger partial charge on any atom is 0.274 e. The minimum Gasteiger partial charge on any atom is -0.461 e. The number of pyridine rings is 1. The third-order valence-electron chi connectivity index (χ3n) is 5.13. The molecule has 0 saturated carbocycles. The molecule has 0 aliphatic carbocycles. The Labute approximate surface area is 137 Å². The molecule has 0 unspecified atom stereocenters. The summed E-state index contributed by atoms with van der Waals surface area (Å²) in [6.07, 6.45) is 5.58. The maximum absolute atomic E-state index is 12.7. The molecule has 2 aromatic heterocycles. The van der Waals surface area contributed by atoms with E-state index in [0.717, 1.165) is 22.9 Å². The van der Waals surface area contributed by atoms with Gasteiger partial charge >= 0.3 is 0 Å². The summed E-state index contributed by atoms with van der Waals surface area (Å²) in [5.41, 5.74) is 0.910. The van der Waals surface area contributed by atoms with E-state index in [1.807, 2.05) is 6.07 Å². The molecule has 1 N–H and O–H groups in total. The van der Waals surface area contributed by atoms with Gasteiger partial charge in [0.25, 0.3) is 5.91 Å². The first-order chi connectivity index (χ1) is 10.6. The summed E-state index contributed by atoms with van der Waals surface area (Å²) in [5, 5.41) is 4.08. The van der Waals surface area contributed by atoms with Crippen LogP contribution in [0.4, 0.5) is 0 Å². The van der Waals surface area contributed by atoms with Crippen molar-refractivity contribution in [2.75, 3.05) is 13.1 Å². The highest BCUT2D eigenvalue weighted by molar-refractivity contribution is 9.10.